The number of hydrogen-bond acceptors (Lipinski definition) is 6. The molecule has 0 saturated carbocycles. The van der Waals surface area contributed by atoms with Gasteiger partial charge in [0.05, 0.1) is 11.6 Å². The number of carbonyl (C=O) groups excluding carboxylic acids is 2. The van der Waals surface area contributed by atoms with E-state index in [-0.39, 0.29) is 71.0 Å². The lowest BCUT2D eigenvalue weighted by atomic mass is 9.83. The van der Waals surface area contributed by atoms with Crippen molar-refractivity contribution in [1.29, 1.82) is 0 Å². The van der Waals surface area contributed by atoms with E-state index in [9.17, 15) is 23.5 Å². The first-order chi connectivity index (χ1) is 21.0. The van der Waals surface area contributed by atoms with Gasteiger partial charge in [-0.25, -0.2) is 8.78 Å². The van der Waals surface area contributed by atoms with Gasteiger partial charge < -0.3 is 20.5 Å². The third kappa shape index (κ3) is 6.71. The number of primary amides is 1. The molecule has 0 bridgehead atoms. The molecule has 3 N–H and O–H groups in total. The number of nitrogens with two attached hydrogens (primary N) is 1. The minimum Gasteiger partial charge on any atom is -0.491 e. The number of nitrogens with zero attached hydrogens (tertiary/aromatic N) is 2. The van der Waals surface area contributed by atoms with Crippen molar-refractivity contribution in [2.24, 2.45) is 5.73 Å². The highest BCUT2D eigenvalue weighted by molar-refractivity contribution is 7.18. The topological polar surface area (TPSA) is 96.1 Å². The minimum absolute atomic E-state index is 0.0628. The number of alkyl halides is 2. The van der Waals surface area contributed by atoms with Gasteiger partial charge in [-0.05, 0) is 42.7 Å². The molecule has 0 aliphatic carbocycles. The Bertz CT molecular complexity index is 1520. The van der Waals surface area contributed by atoms with Gasteiger partial charge in [0.25, 0.3) is 11.8 Å². The molecule has 2 fully saturated rings. The number of carbonyl (C=O) groups is 2. The Morgan fingerprint density at radius 1 is 0.955 bits per heavy atom. The van der Waals surface area contributed by atoms with Crippen LogP contribution in [0, 0.1) is 0 Å². The predicted octanol–water partition coefficient (Wildman–Crippen LogP) is 6.99. The van der Waals surface area contributed by atoms with Crippen molar-refractivity contribution in [2.45, 2.75) is 43.6 Å². The highest BCUT2D eigenvalue weighted by Gasteiger charge is 2.49. The molecule has 5 rings (SSSR count). The number of aliphatic hydroxyl groups is 1. The number of halogens is 5. The molecule has 13 heteroatoms. The molecule has 2 amide bonds. The number of likely N-dealkylation sites (tertiary alicyclic amines) is 2. The van der Waals surface area contributed by atoms with Gasteiger partial charge in [0.1, 0.15) is 10.4 Å². The average Bonchev–Trinajstić information content (AvgIpc) is 3.36. The second-order valence-corrected chi connectivity index (χ2v) is 13.4. The summed E-state index contributed by atoms with van der Waals surface area (Å²) in [5, 5.41) is 10.8. The lowest BCUT2D eigenvalue weighted by Gasteiger charge is -2.48. The Kier molecular flexibility index (Phi) is 10.1. The Labute approximate surface area is 273 Å². The van der Waals surface area contributed by atoms with Gasteiger partial charge in [-0.15, -0.1) is 11.3 Å². The maximum atomic E-state index is 14.2. The van der Waals surface area contributed by atoms with Gasteiger partial charge >= 0.3 is 0 Å². The van der Waals surface area contributed by atoms with Crippen molar-refractivity contribution in [3.8, 4) is 27.3 Å². The molecule has 2 saturated heterocycles. The predicted molar refractivity (Wildman–Crippen MR) is 170 cm³/mol. The van der Waals surface area contributed by atoms with E-state index < -0.39 is 17.4 Å². The molecule has 2 aromatic carbocycles. The fourth-order valence-electron chi connectivity index (χ4n) is 5.88. The van der Waals surface area contributed by atoms with Crippen LogP contribution in [0.15, 0.2) is 42.5 Å². The van der Waals surface area contributed by atoms with Crippen LogP contribution in [0.3, 0.4) is 0 Å². The molecular weight excluding hydrogens is 655 g/mol. The summed E-state index contributed by atoms with van der Waals surface area (Å²) in [6.07, 6.45) is 0.132. The summed E-state index contributed by atoms with van der Waals surface area (Å²) in [4.78, 5) is 31.4. The number of piperidine rings is 2. The van der Waals surface area contributed by atoms with Crippen LogP contribution in [0.2, 0.25) is 15.1 Å². The molecule has 236 valence electrons. The molecule has 7 nitrogen and oxygen atoms in total. The largest absolute Gasteiger partial charge is 0.491 e. The normalized spacial score (nSPS) is 18.3. The van der Waals surface area contributed by atoms with Crippen LogP contribution in [-0.2, 0) is 4.79 Å². The van der Waals surface area contributed by atoms with Crippen molar-refractivity contribution >= 4 is 58.0 Å². The second kappa shape index (κ2) is 13.5. The molecule has 0 atom stereocenters. The summed E-state index contributed by atoms with van der Waals surface area (Å²) in [6.45, 7) is 0.599. The molecular formula is C31H32Cl3F2N3O4S. The van der Waals surface area contributed by atoms with E-state index in [1.54, 1.807) is 40.1 Å². The van der Waals surface area contributed by atoms with Gasteiger partial charge in [-0.2, -0.15) is 0 Å². The fraction of sp³-hybridized carbons (Fsp3) is 0.419. The van der Waals surface area contributed by atoms with E-state index in [2.05, 4.69) is 0 Å². The van der Waals surface area contributed by atoms with Crippen molar-refractivity contribution in [3.63, 3.8) is 0 Å². The minimum atomic E-state index is -2.76. The molecule has 44 heavy (non-hydrogen) atoms. The first-order valence-corrected chi connectivity index (χ1v) is 16.2. The lowest BCUT2D eigenvalue weighted by molar-refractivity contribution is -0.140. The quantitative estimate of drug-likeness (QED) is 0.237. The summed E-state index contributed by atoms with van der Waals surface area (Å²) < 4.78 is 34.0. The van der Waals surface area contributed by atoms with Gasteiger partial charge in [-0.3, -0.25) is 14.5 Å². The summed E-state index contributed by atoms with van der Waals surface area (Å²) in [6, 6.07) is 12.3. The van der Waals surface area contributed by atoms with Crippen LogP contribution in [0.4, 0.5) is 8.78 Å². The number of hydrogen-bond donors (Lipinski definition) is 2. The van der Waals surface area contributed by atoms with Gasteiger partial charge in [0.15, 0.2) is 5.75 Å². The third-order valence-corrected chi connectivity index (χ3v) is 10.3. The first kappa shape index (κ1) is 32.9. The van der Waals surface area contributed by atoms with Crippen molar-refractivity contribution in [1.82, 2.24) is 9.80 Å². The van der Waals surface area contributed by atoms with E-state index in [0.717, 1.165) is 5.56 Å². The highest BCUT2D eigenvalue weighted by atomic mass is 35.5. The zero-order valence-corrected chi connectivity index (χ0v) is 26.8. The van der Waals surface area contributed by atoms with Crippen molar-refractivity contribution in [3.05, 3.63) is 62.4 Å². The number of aliphatic hydroxyl groups excluding tert-OH is 1. The zero-order valence-electron chi connectivity index (χ0n) is 23.8. The van der Waals surface area contributed by atoms with E-state index in [1.165, 1.54) is 11.3 Å². The van der Waals surface area contributed by atoms with Crippen molar-refractivity contribution in [2.75, 3.05) is 39.4 Å². The molecule has 2 aliphatic rings. The third-order valence-electron chi connectivity index (χ3n) is 8.35. The first-order valence-electron chi connectivity index (χ1n) is 14.3. The van der Waals surface area contributed by atoms with Crippen LogP contribution in [0.1, 0.15) is 41.8 Å². The molecule has 0 unspecified atom stereocenters. The Morgan fingerprint density at radius 2 is 1.59 bits per heavy atom. The van der Waals surface area contributed by atoms with Crippen LogP contribution < -0.4 is 10.5 Å². The molecule has 0 spiro atoms. The SMILES string of the molecule is NC(=O)C1(N2CCC(F)(F)CC2)CCN(C(=O)c2sc(-c3ccc(Cl)cc3Cl)c(-c3ccc(Cl)cc3)c2OCCCO)CC1. The maximum absolute atomic E-state index is 14.2. The molecule has 0 radical (unpaired) electrons. The molecule has 1 aromatic heterocycles. The number of rotatable bonds is 9. The second-order valence-electron chi connectivity index (χ2n) is 11.1. The van der Waals surface area contributed by atoms with Crippen molar-refractivity contribution < 1.29 is 28.2 Å². The average molecular weight is 687 g/mol. The van der Waals surface area contributed by atoms with Gasteiger partial charge in [-0.1, -0.05) is 53.0 Å². The van der Waals surface area contributed by atoms with Crippen LogP contribution in [0.25, 0.3) is 21.6 Å². The lowest BCUT2D eigenvalue weighted by Crippen LogP contribution is -2.64. The fourth-order valence-corrected chi connectivity index (χ4v) is 7.84. The van der Waals surface area contributed by atoms with E-state index >= 15 is 0 Å². The van der Waals surface area contributed by atoms with Gasteiger partial charge in [0, 0.05) is 78.1 Å². The summed E-state index contributed by atoms with van der Waals surface area (Å²) in [5.74, 6) is -3.28. The smallest absolute Gasteiger partial charge is 0.267 e. The summed E-state index contributed by atoms with van der Waals surface area (Å²) in [7, 11) is 0. The standard InChI is InChI=1S/C31H32Cl3F2N3O4S/c32-20-4-2-19(3-5-20)24-25(43-17-1-16-40)27(44-26(24)22-7-6-21(33)18-23(22)34)28(41)38-12-8-30(9-13-38,29(37)42)39-14-10-31(35,36)11-15-39/h2-7,18,40H,1,8-17H2,(H2,37,42). The number of ether oxygens (including phenoxy) is 1. The Hall–Kier alpha value is -2.47. The number of benzene rings is 2. The van der Waals surface area contributed by atoms with Gasteiger partial charge in [0.2, 0.25) is 5.91 Å². The molecule has 3 heterocycles. The summed E-state index contributed by atoms with van der Waals surface area (Å²) >= 11 is 20.3. The van der Waals surface area contributed by atoms with Crippen LogP contribution >= 0.6 is 46.1 Å². The Morgan fingerprint density at radius 3 is 2.18 bits per heavy atom. The maximum Gasteiger partial charge on any atom is 0.267 e. The molecule has 2 aliphatic heterocycles. The zero-order chi connectivity index (χ0) is 31.6. The van der Waals surface area contributed by atoms with E-state index in [4.69, 9.17) is 45.3 Å². The highest BCUT2D eigenvalue weighted by Crippen LogP contribution is 2.51. The summed E-state index contributed by atoms with van der Waals surface area (Å²) in [5.41, 5.74) is 6.83. The van der Waals surface area contributed by atoms with Crippen LogP contribution in [0.5, 0.6) is 5.75 Å². The Balaban J connectivity index is 1.52. The monoisotopic (exact) mass is 685 g/mol. The molecule has 3 aromatic rings. The van der Waals surface area contributed by atoms with Crippen LogP contribution in [-0.4, -0.2) is 77.6 Å². The number of amides is 2. The number of thiophene rings is 1. The van der Waals surface area contributed by atoms with E-state index in [0.29, 0.717) is 48.1 Å². The van der Waals surface area contributed by atoms with E-state index in [1.807, 2.05) is 12.1 Å².